The lowest BCUT2D eigenvalue weighted by molar-refractivity contribution is -0.132. The average Bonchev–Trinajstić information content (AvgIpc) is 2.48. The van der Waals surface area contributed by atoms with Gasteiger partial charge in [-0.15, -0.1) is 0 Å². The van der Waals surface area contributed by atoms with Crippen LogP contribution in [0.4, 0.5) is 4.79 Å². The van der Waals surface area contributed by atoms with Gasteiger partial charge < -0.3 is 10.5 Å². The molecule has 1 aromatic carbocycles. The molecule has 1 atom stereocenters. The number of hydrogen-bond donors (Lipinski definition) is 1. The largest absolute Gasteiger partial charge is 0.443 e. The van der Waals surface area contributed by atoms with Crippen LogP contribution in [-0.2, 0) is 16.1 Å². The summed E-state index contributed by atoms with van der Waals surface area (Å²) in [6.07, 6.45) is 1.81. The van der Waals surface area contributed by atoms with Gasteiger partial charge in [0.1, 0.15) is 5.60 Å². The smallest absolute Gasteiger partial charge is 0.417 e. The van der Waals surface area contributed by atoms with E-state index in [9.17, 15) is 9.59 Å². The van der Waals surface area contributed by atoms with Crippen LogP contribution >= 0.6 is 11.8 Å². The molecule has 0 heterocycles. The lowest BCUT2D eigenvalue weighted by Crippen LogP contribution is -2.48. The molecule has 128 valence electrons. The predicted molar refractivity (Wildman–Crippen MR) is 94.2 cm³/mol. The molecule has 0 saturated carbocycles. The van der Waals surface area contributed by atoms with Crippen molar-refractivity contribution in [2.75, 3.05) is 12.0 Å². The van der Waals surface area contributed by atoms with Crippen molar-refractivity contribution in [1.29, 1.82) is 0 Å². The highest BCUT2D eigenvalue weighted by molar-refractivity contribution is 7.98. The topological polar surface area (TPSA) is 72.6 Å². The van der Waals surface area contributed by atoms with Crippen LogP contribution in [0, 0.1) is 0 Å². The van der Waals surface area contributed by atoms with Gasteiger partial charge in [0.25, 0.3) is 0 Å². The average molecular weight is 338 g/mol. The van der Waals surface area contributed by atoms with Crippen molar-refractivity contribution in [3.63, 3.8) is 0 Å². The Kier molecular flexibility index (Phi) is 7.58. The molecule has 23 heavy (non-hydrogen) atoms. The van der Waals surface area contributed by atoms with Crippen LogP contribution in [0.3, 0.4) is 0 Å². The van der Waals surface area contributed by atoms with E-state index >= 15 is 0 Å². The number of imide groups is 1. The Bertz CT molecular complexity index is 514. The molecule has 0 saturated heterocycles. The van der Waals surface area contributed by atoms with Gasteiger partial charge >= 0.3 is 6.09 Å². The molecular weight excluding hydrogens is 312 g/mol. The van der Waals surface area contributed by atoms with E-state index in [0.29, 0.717) is 6.42 Å². The van der Waals surface area contributed by atoms with Crippen LogP contribution in [0.2, 0.25) is 0 Å². The lowest BCUT2D eigenvalue weighted by Gasteiger charge is -2.28. The molecule has 6 heteroatoms. The lowest BCUT2D eigenvalue weighted by atomic mass is 10.1. The summed E-state index contributed by atoms with van der Waals surface area (Å²) >= 11 is 1.61. The van der Waals surface area contributed by atoms with Crippen LogP contribution < -0.4 is 5.73 Å². The Balaban J connectivity index is 2.91. The van der Waals surface area contributed by atoms with Crippen LogP contribution in [0.1, 0.15) is 32.8 Å². The molecule has 0 aliphatic rings. The predicted octanol–water partition coefficient (Wildman–Crippen LogP) is 3.03. The van der Waals surface area contributed by atoms with E-state index < -0.39 is 23.6 Å². The minimum atomic E-state index is -0.710. The molecule has 0 aliphatic carbocycles. The molecule has 2 N–H and O–H groups in total. The molecule has 0 radical (unpaired) electrons. The molecule has 0 aromatic heterocycles. The third kappa shape index (κ3) is 7.05. The second kappa shape index (κ2) is 8.93. The van der Waals surface area contributed by atoms with E-state index in [1.165, 1.54) is 0 Å². The molecule has 0 bridgehead atoms. The quantitative estimate of drug-likeness (QED) is 0.863. The molecule has 0 spiro atoms. The summed E-state index contributed by atoms with van der Waals surface area (Å²) in [5.74, 6) is 0.359. The zero-order chi connectivity index (χ0) is 17.5. The van der Waals surface area contributed by atoms with E-state index in [4.69, 9.17) is 10.5 Å². The van der Waals surface area contributed by atoms with E-state index in [2.05, 4.69) is 0 Å². The van der Waals surface area contributed by atoms with Gasteiger partial charge in [0.15, 0.2) is 0 Å². The molecule has 0 fully saturated rings. The minimum absolute atomic E-state index is 0.154. The van der Waals surface area contributed by atoms with Gasteiger partial charge in [-0.2, -0.15) is 11.8 Å². The van der Waals surface area contributed by atoms with Gasteiger partial charge in [0, 0.05) is 0 Å². The second-order valence-electron chi connectivity index (χ2n) is 6.28. The van der Waals surface area contributed by atoms with Gasteiger partial charge in [0.05, 0.1) is 12.6 Å². The van der Waals surface area contributed by atoms with Crippen molar-refractivity contribution >= 4 is 23.8 Å². The Labute approximate surface area is 142 Å². The maximum atomic E-state index is 12.6. The Morgan fingerprint density at radius 1 is 1.26 bits per heavy atom. The van der Waals surface area contributed by atoms with Crippen molar-refractivity contribution in [2.45, 2.75) is 45.4 Å². The number of nitrogens with zero attached hydrogens (tertiary/aromatic N) is 1. The first-order valence-electron chi connectivity index (χ1n) is 7.57. The fourth-order valence-electron chi connectivity index (χ4n) is 1.88. The Morgan fingerprint density at radius 3 is 2.39 bits per heavy atom. The number of hydrogen-bond acceptors (Lipinski definition) is 5. The summed E-state index contributed by atoms with van der Waals surface area (Å²) in [4.78, 5) is 26.1. The van der Waals surface area contributed by atoms with E-state index in [-0.39, 0.29) is 6.54 Å². The van der Waals surface area contributed by atoms with Crippen molar-refractivity contribution < 1.29 is 14.3 Å². The minimum Gasteiger partial charge on any atom is -0.443 e. The van der Waals surface area contributed by atoms with E-state index in [1.807, 2.05) is 36.6 Å². The van der Waals surface area contributed by atoms with E-state index in [1.54, 1.807) is 32.5 Å². The molecule has 0 unspecified atom stereocenters. The zero-order valence-corrected chi connectivity index (χ0v) is 15.1. The number of thioether (sulfide) groups is 1. The van der Waals surface area contributed by atoms with Gasteiger partial charge in [-0.05, 0) is 44.8 Å². The van der Waals surface area contributed by atoms with Crippen LogP contribution in [-0.4, -0.2) is 40.6 Å². The third-order valence-corrected chi connectivity index (χ3v) is 3.66. The third-order valence-electron chi connectivity index (χ3n) is 3.01. The summed E-state index contributed by atoms with van der Waals surface area (Å²) in [6.45, 7) is 5.46. The van der Waals surface area contributed by atoms with Crippen LogP contribution in [0.15, 0.2) is 30.3 Å². The summed E-state index contributed by atoms with van der Waals surface area (Å²) in [6, 6.07) is 8.61. The monoisotopic (exact) mass is 338 g/mol. The van der Waals surface area contributed by atoms with Crippen LogP contribution in [0.5, 0.6) is 0 Å². The summed E-state index contributed by atoms with van der Waals surface area (Å²) in [7, 11) is 0. The van der Waals surface area contributed by atoms with Crippen molar-refractivity contribution in [3.8, 4) is 0 Å². The summed E-state index contributed by atoms with van der Waals surface area (Å²) in [5.41, 5.74) is 6.13. The number of benzene rings is 1. The first kappa shape index (κ1) is 19.5. The first-order chi connectivity index (χ1) is 10.7. The van der Waals surface area contributed by atoms with Gasteiger partial charge in [0.2, 0.25) is 5.91 Å². The fraction of sp³-hybridized carbons (Fsp3) is 0.529. The standard InChI is InChI=1S/C17H26N2O3S/c1-17(2,3)22-16(21)19(12-13-8-6-5-7-9-13)15(20)14(18)10-11-23-4/h5-9,14H,10-12,18H2,1-4H3/t14-/m0/s1. The second-order valence-corrected chi connectivity index (χ2v) is 7.26. The Morgan fingerprint density at radius 2 is 1.87 bits per heavy atom. The molecule has 1 aromatic rings. The highest BCUT2D eigenvalue weighted by Crippen LogP contribution is 2.14. The van der Waals surface area contributed by atoms with Crippen molar-refractivity contribution in [3.05, 3.63) is 35.9 Å². The van der Waals surface area contributed by atoms with Crippen molar-refractivity contribution in [2.24, 2.45) is 5.73 Å². The first-order valence-corrected chi connectivity index (χ1v) is 8.97. The SMILES string of the molecule is CSCC[C@H](N)C(=O)N(Cc1ccccc1)C(=O)OC(C)(C)C. The van der Waals surface area contributed by atoms with Gasteiger partial charge in [-0.25, -0.2) is 9.69 Å². The van der Waals surface area contributed by atoms with E-state index in [0.717, 1.165) is 16.2 Å². The highest BCUT2D eigenvalue weighted by Gasteiger charge is 2.30. The van der Waals surface area contributed by atoms with Gasteiger partial charge in [-0.1, -0.05) is 30.3 Å². The number of amides is 2. The number of rotatable bonds is 6. The molecule has 0 aliphatic heterocycles. The number of nitrogens with two attached hydrogens (primary N) is 1. The molecule has 2 amide bonds. The molecular formula is C17H26N2O3S. The summed E-state index contributed by atoms with van der Waals surface area (Å²) < 4.78 is 5.35. The number of carbonyl (C=O) groups excluding carboxylic acids is 2. The molecule has 1 rings (SSSR count). The number of carbonyl (C=O) groups is 2. The fourth-order valence-corrected chi connectivity index (χ4v) is 2.37. The normalized spacial score (nSPS) is 12.6. The zero-order valence-electron chi connectivity index (χ0n) is 14.2. The van der Waals surface area contributed by atoms with Crippen LogP contribution in [0.25, 0.3) is 0 Å². The maximum Gasteiger partial charge on any atom is 0.417 e. The highest BCUT2D eigenvalue weighted by atomic mass is 32.2. The summed E-state index contributed by atoms with van der Waals surface area (Å²) in [5, 5.41) is 0. The maximum absolute atomic E-state index is 12.6. The molecule has 5 nitrogen and oxygen atoms in total. The van der Waals surface area contributed by atoms with Crippen molar-refractivity contribution in [1.82, 2.24) is 4.90 Å². The van der Waals surface area contributed by atoms with Gasteiger partial charge in [-0.3, -0.25) is 4.79 Å². The number of ether oxygens (including phenoxy) is 1. The Hall–Kier alpha value is -1.53.